The van der Waals surface area contributed by atoms with Crippen molar-refractivity contribution < 1.29 is 14.3 Å². The van der Waals surface area contributed by atoms with Crippen LogP contribution in [0, 0.1) is 0 Å². The van der Waals surface area contributed by atoms with Crippen LogP contribution in [0.2, 0.25) is 0 Å². The van der Waals surface area contributed by atoms with Gasteiger partial charge in [-0.25, -0.2) is 4.98 Å². The minimum absolute atomic E-state index is 0.0875. The Bertz CT molecular complexity index is 765. The Morgan fingerprint density at radius 2 is 1.95 bits per heavy atom. The number of Topliss-reactive ketones (excluding diaryl/α,β-unsaturated/α-hetero) is 2. The number of ketones is 2. The molecule has 0 amide bonds. The summed E-state index contributed by atoms with van der Waals surface area (Å²) in [6, 6.07) is 3.47. The van der Waals surface area contributed by atoms with Crippen molar-refractivity contribution in [2.45, 2.75) is 25.9 Å². The quantitative estimate of drug-likeness (QED) is 0.746. The third-order valence-corrected chi connectivity index (χ3v) is 4.49. The van der Waals surface area contributed by atoms with Crippen LogP contribution in [0.5, 0.6) is 0 Å². The maximum Gasteiger partial charge on any atom is 0.228 e. The van der Waals surface area contributed by atoms with Crippen LogP contribution < -0.4 is 0 Å². The number of ether oxygens (including phenoxy) is 1. The Morgan fingerprint density at radius 3 is 2.75 bits per heavy atom. The van der Waals surface area contributed by atoms with Crippen molar-refractivity contribution in [3.63, 3.8) is 0 Å². The summed E-state index contributed by atoms with van der Waals surface area (Å²) >= 11 is 1.47. The van der Waals surface area contributed by atoms with Gasteiger partial charge >= 0.3 is 0 Å². The first-order valence-electron chi connectivity index (χ1n) is 6.35. The number of hydrogen-bond donors (Lipinski definition) is 0. The molecule has 0 bridgehead atoms. The topological polar surface area (TPSA) is 56.3 Å². The van der Waals surface area contributed by atoms with Gasteiger partial charge in [-0.3, -0.25) is 9.59 Å². The van der Waals surface area contributed by atoms with E-state index in [0.717, 1.165) is 10.2 Å². The van der Waals surface area contributed by atoms with Gasteiger partial charge in [-0.2, -0.15) is 0 Å². The molecular weight excluding hydrogens is 274 g/mol. The highest BCUT2D eigenvalue weighted by molar-refractivity contribution is 7.16. The predicted molar refractivity (Wildman–Crippen MR) is 75.1 cm³/mol. The Morgan fingerprint density at radius 1 is 1.20 bits per heavy atom. The molecule has 0 saturated carbocycles. The van der Waals surface area contributed by atoms with Crippen LogP contribution in [0.15, 0.2) is 29.0 Å². The van der Waals surface area contributed by atoms with E-state index in [4.69, 9.17) is 4.74 Å². The lowest BCUT2D eigenvalue weighted by molar-refractivity contribution is 0.0510. The fourth-order valence-electron chi connectivity index (χ4n) is 2.81. The summed E-state index contributed by atoms with van der Waals surface area (Å²) in [6.07, 6.45) is 0.479. The molecular formula is C15H11NO3S. The molecule has 100 valence electrons. The summed E-state index contributed by atoms with van der Waals surface area (Å²) in [5, 5.41) is 0. The van der Waals surface area contributed by atoms with E-state index >= 15 is 0 Å². The Kier molecular flexibility index (Phi) is 2.09. The van der Waals surface area contributed by atoms with Crippen LogP contribution in [0.3, 0.4) is 0 Å². The lowest BCUT2D eigenvalue weighted by Gasteiger charge is -2.19. The van der Waals surface area contributed by atoms with E-state index < -0.39 is 5.60 Å². The number of aromatic nitrogens is 1. The summed E-state index contributed by atoms with van der Waals surface area (Å²) in [6.45, 7) is 3.77. The molecule has 4 rings (SSSR count). The smallest absolute Gasteiger partial charge is 0.228 e. The lowest BCUT2D eigenvalue weighted by atomic mass is 9.86. The number of benzene rings is 1. The van der Waals surface area contributed by atoms with E-state index in [1.165, 1.54) is 11.3 Å². The molecule has 0 saturated heterocycles. The van der Waals surface area contributed by atoms with Crippen molar-refractivity contribution >= 4 is 33.1 Å². The van der Waals surface area contributed by atoms with E-state index in [0.29, 0.717) is 23.1 Å². The standard InChI is InChI=1S/C15H11NO3S/c1-15(2)5-9-12(17)8-4-11-10(16-6-20-11)3-7(8)13(18)14(9)19-15/h3-4,6H,5H2,1-2H3. The lowest BCUT2D eigenvalue weighted by Crippen LogP contribution is -2.20. The molecule has 1 aliphatic heterocycles. The van der Waals surface area contributed by atoms with E-state index in [-0.39, 0.29) is 17.3 Å². The first kappa shape index (κ1) is 11.8. The largest absolute Gasteiger partial charge is 0.483 e. The van der Waals surface area contributed by atoms with Gasteiger partial charge in [0.05, 0.1) is 21.3 Å². The fourth-order valence-corrected chi connectivity index (χ4v) is 3.51. The normalized spacial score (nSPS) is 20.1. The molecule has 1 aromatic heterocycles. The van der Waals surface area contributed by atoms with E-state index in [1.54, 1.807) is 17.6 Å². The number of hydrogen-bond acceptors (Lipinski definition) is 5. The van der Waals surface area contributed by atoms with Crippen molar-refractivity contribution in [2.24, 2.45) is 0 Å². The van der Waals surface area contributed by atoms with E-state index in [9.17, 15) is 9.59 Å². The molecule has 20 heavy (non-hydrogen) atoms. The maximum atomic E-state index is 12.6. The highest BCUT2D eigenvalue weighted by atomic mass is 32.1. The van der Waals surface area contributed by atoms with Gasteiger partial charge in [-0.1, -0.05) is 0 Å². The number of carbonyl (C=O) groups excluding carboxylic acids is 2. The summed E-state index contributed by atoms with van der Waals surface area (Å²) in [7, 11) is 0. The van der Waals surface area contributed by atoms with Crippen LogP contribution in [-0.4, -0.2) is 22.2 Å². The summed E-state index contributed by atoms with van der Waals surface area (Å²) in [5.41, 5.74) is 3.36. The minimum Gasteiger partial charge on any atom is -0.483 e. The molecule has 1 aromatic carbocycles. The number of rotatable bonds is 0. The molecule has 0 atom stereocenters. The summed E-state index contributed by atoms with van der Waals surface area (Å²) < 4.78 is 6.60. The third kappa shape index (κ3) is 1.44. The van der Waals surface area contributed by atoms with Crippen molar-refractivity contribution in [2.75, 3.05) is 0 Å². The number of allylic oxidation sites excluding steroid dienone is 1. The molecule has 0 spiro atoms. The molecule has 1 aliphatic carbocycles. The Balaban J connectivity index is 1.96. The zero-order chi connectivity index (χ0) is 14.1. The molecule has 2 aliphatic rings. The van der Waals surface area contributed by atoms with Gasteiger partial charge < -0.3 is 4.74 Å². The number of nitrogens with zero attached hydrogens (tertiary/aromatic N) is 1. The second kappa shape index (κ2) is 3.55. The van der Waals surface area contributed by atoms with Gasteiger partial charge in [-0.15, -0.1) is 11.3 Å². The van der Waals surface area contributed by atoms with Crippen molar-refractivity contribution in [1.29, 1.82) is 0 Å². The molecule has 2 heterocycles. The van der Waals surface area contributed by atoms with Crippen molar-refractivity contribution in [3.05, 3.63) is 40.1 Å². The van der Waals surface area contributed by atoms with Crippen molar-refractivity contribution in [1.82, 2.24) is 4.98 Å². The number of thiazole rings is 1. The van der Waals surface area contributed by atoms with Crippen LogP contribution in [0.4, 0.5) is 0 Å². The van der Waals surface area contributed by atoms with E-state index in [2.05, 4.69) is 4.98 Å². The second-order valence-corrected chi connectivity index (χ2v) is 6.61. The monoisotopic (exact) mass is 285 g/mol. The molecule has 4 nitrogen and oxygen atoms in total. The van der Waals surface area contributed by atoms with Gasteiger partial charge in [0.1, 0.15) is 5.60 Å². The third-order valence-electron chi connectivity index (χ3n) is 3.70. The maximum absolute atomic E-state index is 12.6. The van der Waals surface area contributed by atoms with Gasteiger partial charge in [0.25, 0.3) is 0 Å². The fraction of sp³-hybridized carbons (Fsp3) is 0.267. The first-order valence-corrected chi connectivity index (χ1v) is 7.23. The SMILES string of the molecule is CC1(C)CC2=C(O1)C(=O)c1cc3ncsc3cc1C2=O. The van der Waals surface area contributed by atoms with Crippen LogP contribution in [-0.2, 0) is 4.74 Å². The zero-order valence-electron chi connectivity index (χ0n) is 11.0. The number of fused-ring (bicyclic) bond motifs is 2. The minimum atomic E-state index is -0.492. The molecule has 0 unspecified atom stereocenters. The highest BCUT2D eigenvalue weighted by Gasteiger charge is 2.43. The Hall–Kier alpha value is -2.01. The van der Waals surface area contributed by atoms with Crippen LogP contribution in [0.25, 0.3) is 10.2 Å². The predicted octanol–water partition coefficient (Wildman–Crippen LogP) is 3.13. The zero-order valence-corrected chi connectivity index (χ0v) is 11.8. The van der Waals surface area contributed by atoms with Crippen LogP contribution in [0.1, 0.15) is 41.0 Å². The average Bonchev–Trinajstić information content (AvgIpc) is 2.97. The van der Waals surface area contributed by atoms with Gasteiger partial charge in [0.15, 0.2) is 11.5 Å². The second-order valence-electron chi connectivity index (χ2n) is 5.72. The Labute approximate surface area is 119 Å². The highest BCUT2D eigenvalue weighted by Crippen LogP contribution is 2.41. The average molecular weight is 285 g/mol. The van der Waals surface area contributed by atoms with E-state index in [1.807, 2.05) is 13.8 Å². The molecule has 2 aromatic rings. The molecule has 0 fully saturated rings. The molecule has 0 N–H and O–H groups in total. The van der Waals surface area contributed by atoms with Crippen LogP contribution >= 0.6 is 11.3 Å². The molecule has 0 radical (unpaired) electrons. The number of carbonyl (C=O) groups is 2. The molecule has 5 heteroatoms. The van der Waals surface area contributed by atoms with Crippen molar-refractivity contribution in [3.8, 4) is 0 Å². The van der Waals surface area contributed by atoms with Gasteiger partial charge in [-0.05, 0) is 26.0 Å². The van der Waals surface area contributed by atoms with Gasteiger partial charge in [0, 0.05) is 17.5 Å². The summed E-state index contributed by atoms with van der Waals surface area (Å²) in [5.74, 6) is -0.0624. The van der Waals surface area contributed by atoms with Gasteiger partial charge in [0.2, 0.25) is 5.78 Å². The summed E-state index contributed by atoms with van der Waals surface area (Å²) in [4.78, 5) is 29.3. The first-order chi connectivity index (χ1) is 9.46.